The summed E-state index contributed by atoms with van der Waals surface area (Å²) in [6, 6.07) is 0.176. The maximum Gasteiger partial charge on any atom is 0.240 e. The van der Waals surface area contributed by atoms with Crippen LogP contribution in [0.5, 0.6) is 0 Å². The summed E-state index contributed by atoms with van der Waals surface area (Å²) in [5.41, 5.74) is 0. The van der Waals surface area contributed by atoms with Gasteiger partial charge in [-0.2, -0.15) is 4.31 Å². The summed E-state index contributed by atoms with van der Waals surface area (Å²) in [6.45, 7) is 7.21. The second kappa shape index (κ2) is 5.99. The predicted molar refractivity (Wildman–Crippen MR) is 77.9 cm³/mol. The second-order valence-electron chi connectivity index (χ2n) is 5.98. The number of sulfonamides is 1. The first kappa shape index (κ1) is 15.7. The summed E-state index contributed by atoms with van der Waals surface area (Å²) in [6.07, 6.45) is 3.16. The van der Waals surface area contributed by atoms with Crippen LogP contribution in [0.15, 0.2) is 0 Å². The molecule has 0 spiro atoms. The number of carbonyl (C=O) groups excluding carboxylic acids is 1. The quantitative estimate of drug-likeness (QED) is 0.734. The fourth-order valence-corrected chi connectivity index (χ4v) is 3.90. The van der Waals surface area contributed by atoms with Gasteiger partial charge in [0.05, 0.1) is 12.3 Å². The zero-order chi connectivity index (χ0) is 14.9. The van der Waals surface area contributed by atoms with Gasteiger partial charge in [-0.25, -0.2) is 8.42 Å². The van der Waals surface area contributed by atoms with E-state index in [1.165, 1.54) is 10.6 Å². The van der Waals surface area contributed by atoms with Gasteiger partial charge in [0.15, 0.2) is 0 Å². The molecule has 2 heterocycles. The SMILES string of the molecule is CC(C)N1CCC[C@@H](N2CCN(S(C)(=O)=O)CC2)C1=O. The number of nitrogens with zero attached hydrogens (tertiary/aromatic N) is 3. The van der Waals surface area contributed by atoms with Crippen LogP contribution in [0.2, 0.25) is 0 Å². The Morgan fingerprint density at radius 1 is 1.10 bits per heavy atom. The van der Waals surface area contributed by atoms with Crippen LogP contribution in [0.3, 0.4) is 0 Å². The fraction of sp³-hybridized carbons (Fsp3) is 0.923. The summed E-state index contributed by atoms with van der Waals surface area (Å²) in [5, 5.41) is 0. The third-order valence-electron chi connectivity index (χ3n) is 4.25. The highest BCUT2D eigenvalue weighted by Gasteiger charge is 2.36. The van der Waals surface area contributed by atoms with E-state index < -0.39 is 10.0 Å². The predicted octanol–water partition coefficient (Wildman–Crippen LogP) is -0.0370. The van der Waals surface area contributed by atoms with Crippen LogP contribution in [0.1, 0.15) is 26.7 Å². The molecule has 0 bridgehead atoms. The Kier molecular flexibility index (Phi) is 4.71. The van der Waals surface area contributed by atoms with Crippen LogP contribution < -0.4 is 0 Å². The number of hydrogen-bond donors (Lipinski definition) is 0. The lowest BCUT2D eigenvalue weighted by molar-refractivity contribution is -0.142. The summed E-state index contributed by atoms with van der Waals surface area (Å²) >= 11 is 0. The van der Waals surface area contributed by atoms with Crippen LogP contribution >= 0.6 is 0 Å². The van der Waals surface area contributed by atoms with Crippen LogP contribution in [0.25, 0.3) is 0 Å². The molecular weight excluding hydrogens is 278 g/mol. The van der Waals surface area contributed by atoms with E-state index >= 15 is 0 Å². The molecule has 2 fully saturated rings. The minimum atomic E-state index is -3.11. The maximum absolute atomic E-state index is 12.5. The molecule has 20 heavy (non-hydrogen) atoms. The average molecular weight is 303 g/mol. The van der Waals surface area contributed by atoms with Gasteiger partial charge in [-0.05, 0) is 26.7 Å². The van der Waals surface area contributed by atoms with Crippen molar-refractivity contribution in [2.24, 2.45) is 0 Å². The van der Waals surface area contributed by atoms with Gasteiger partial charge in [0, 0.05) is 38.8 Å². The lowest BCUT2D eigenvalue weighted by Gasteiger charge is -2.43. The smallest absolute Gasteiger partial charge is 0.240 e. The maximum atomic E-state index is 12.5. The first-order valence-corrected chi connectivity index (χ1v) is 9.15. The van der Waals surface area contributed by atoms with Gasteiger partial charge in [0.25, 0.3) is 0 Å². The van der Waals surface area contributed by atoms with E-state index in [0.29, 0.717) is 26.2 Å². The van der Waals surface area contributed by atoms with E-state index in [4.69, 9.17) is 0 Å². The number of piperazine rings is 1. The number of rotatable bonds is 3. The molecule has 0 radical (unpaired) electrons. The molecule has 1 amide bonds. The lowest BCUT2D eigenvalue weighted by Crippen LogP contribution is -2.59. The van der Waals surface area contributed by atoms with Crippen LogP contribution in [-0.2, 0) is 14.8 Å². The molecule has 116 valence electrons. The topological polar surface area (TPSA) is 60.9 Å². The first-order valence-electron chi connectivity index (χ1n) is 7.30. The zero-order valence-electron chi connectivity index (χ0n) is 12.6. The van der Waals surface area contributed by atoms with Crippen molar-refractivity contribution in [1.29, 1.82) is 0 Å². The highest BCUT2D eigenvalue weighted by molar-refractivity contribution is 7.88. The molecule has 2 saturated heterocycles. The van der Waals surface area contributed by atoms with Gasteiger partial charge < -0.3 is 4.90 Å². The molecule has 0 N–H and O–H groups in total. The highest BCUT2D eigenvalue weighted by Crippen LogP contribution is 2.21. The molecule has 2 aliphatic heterocycles. The monoisotopic (exact) mass is 303 g/mol. The Morgan fingerprint density at radius 2 is 1.70 bits per heavy atom. The molecule has 0 aromatic rings. The molecule has 0 aromatic carbocycles. The Bertz CT molecular complexity index is 455. The number of piperidine rings is 1. The second-order valence-corrected chi connectivity index (χ2v) is 7.96. The minimum Gasteiger partial charge on any atom is -0.339 e. The lowest BCUT2D eigenvalue weighted by atomic mass is 10.0. The normalized spacial score (nSPS) is 27.3. The molecule has 2 aliphatic rings. The van der Waals surface area contributed by atoms with Crippen molar-refractivity contribution in [3.63, 3.8) is 0 Å². The van der Waals surface area contributed by atoms with Crippen molar-refractivity contribution in [2.45, 2.75) is 38.8 Å². The highest BCUT2D eigenvalue weighted by atomic mass is 32.2. The van der Waals surface area contributed by atoms with Crippen molar-refractivity contribution in [1.82, 2.24) is 14.1 Å². The molecule has 7 heteroatoms. The zero-order valence-corrected chi connectivity index (χ0v) is 13.4. The van der Waals surface area contributed by atoms with Gasteiger partial charge >= 0.3 is 0 Å². The van der Waals surface area contributed by atoms with Crippen molar-refractivity contribution >= 4 is 15.9 Å². The molecule has 0 aromatic heterocycles. The Hall–Kier alpha value is -0.660. The number of carbonyl (C=O) groups is 1. The van der Waals surface area contributed by atoms with Gasteiger partial charge in [-0.15, -0.1) is 0 Å². The van der Waals surface area contributed by atoms with Crippen molar-refractivity contribution in [3.8, 4) is 0 Å². The molecule has 6 nitrogen and oxygen atoms in total. The summed E-state index contributed by atoms with van der Waals surface area (Å²) in [7, 11) is -3.11. The third kappa shape index (κ3) is 3.32. The van der Waals surface area contributed by atoms with Crippen molar-refractivity contribution < 1.29 is 13.2 Å². The van der Waals surface area contributed by atoms with Crippen molar-refractivity contribution in [2.75, 3.05) is 39.0 Å². The fourth-order valence-electron chi connectivity index (χ4n) is 3.08. The van der Waals surface area contributed by atoms with Gasteiger partial charge in [0.2, 0.25) is 15.9 Å². The Balaban J connectivity index is 1.98. The number of amides is 1. The van der Waals surface area contributed by atoms with Crippen LogP contribution in [0, 0.1) is 0 Å². The van der Waals surface area contributed by atoms with Gasteiger partial charge in [0.1, 0.15) is 0 Å². The van der Waals surface area contributed by atoms with E-state index in [0.717, 1.165) is 19.4 Å². The standard InChI is InChI=1S/C13H25N3O3S/c1-11(2)16-6-4-5-12(13(16)17)14-7-9-15(10-8-14)20(3,18)19/h11-12H,4-10H2,1-3H3/t12-/m1/s1. The first-order chi connectivity index (χ1) is 9.30. The average Bonchev–Trinajstić information content (AvgIpc) is 2.38. The number of likely N-dealkylation sites (tertiary alicyclic amines) is 1. The molecule has 2 rings (SSSR count). The van der Waals surface area contributed by atoms with E-state index in [2.05, 4.69) is 4.90 Å². The Morgan fingerprint density at radius 3 is 2.20 bits per heavy atom. The Labute approximate surface area is 121 Å². The van der Waals surface area contributed by atoms with Crippen molar-refractivity contribution in [3.05, 3.63) is 0 Å². The summed E-state index contributed by atoms with van der Waals surface area (Å²) < 4.78 is 24.5. The molecule has 1 atom stereocenters. The third-order valence-corrected chi connectivity index (χ3v) is 5.55. The van der Waals surface area contributed by atoms with Gasteiger partial charge in [-0.3, -0.25) is 9.69 Å². The van der Waals surface area contributed by atoms with E-state index in [-0.39, 0.29) is 18.0 Å². The van der Waals surface area contributed by atoms with E-state index in [1.807, 2.05) is 18.7 Å². The minimum absolute atomic E-state index is 0.0622. The van der Waals surface area contributed by atoms with E-state index in [1.54, 1.807) is 0 Å². The molecule has 0 saturated carbocycles. The van der Waals surface area contributed by atoms with Crippen LogP contribution in [-0.4, -0.2) is 79.5 Å². The van der Waals surface area contributed by atoms with Crippen LogP contribution in [0.4, 0.5) is 0 Å². The summed E-state index contributed by atoms with van der Waals surface area (Å²) in [5.74, 6) is 0.207. The summed E-state index contributed by atoms with van der Waals surface area (Å²) in [4.78, 5) is 16.6. The molecular formula is C13H25N3O3S. The number of hydrogen-bond acceptors (Lipinski definition) is 4. The molecule has 0 unspecified atom stereocenters. The van der Waals surface area contributed by atoms with E-state index in [9.17, 15) is 13.2 Å². The van der Waals surface area contributed by atoms with Gasteiger partial charge in [-0.1, -0.05) is 0 Å². The molecule has 0 aliphatic carbocycles. The largest absolute Gasteiger partial charge is 0.339 e.